The first-order chi connectivity index (χ1) is 26.2. The summed E-state index contributed by atoms with van der Waals surface area (Å²) < 4.78 is 6.47. The zero-order valence-electron chi connectivity index (χ0n) is 28.5. The molecule has 0 N–H and O–H groups in total. The number of hydrogen-bond donors (Lipinski definition) is 0. The van der Waals surface area contributed by atoms with Crippen molar-refractivity contribution in [1.29, 1.82) is 0 Å². The van der Waals surface area contributed by atoms with E-state index in [4.69, 9.17) is 19.4 Å². The highest BCUT2D eigenvalue weighted by Crippen LogP contribution is 2.40. The van der Waals surface area contributed by atoms with Crippen molar-refractivity contribution in [2.24, 2.45) is 0 Å². The molecule has 0 amide bonds. The Morgan fingerprint density at radius 2 is 0.906 bits per heavy atom. The maximum Gasteiger partial charge on any atom is 0.164 e. The zero-order chi connectivity index (χ0) is 34.9. The van der Waals surface area contributed by atoms with Gasteiger partial charge in [0.2, 0.25) is 0 Å². The van der Waals surface area contributed by atoms with Gasteiger partial charge >= 0.3 is 0 Å². The van der Waals surface area contributed by atoms with Crippen LogP contribution in [0.25, 0.3) is 110 Å². The van der Waals surface area contributed by atoms with Gasteiger partial charge in [0.1, 0.15) is 11.2 Å². The fourth-order valence-corrected chi connectivity index (χ4v) is 7.87. The van der Waals surface area contributed by atoms with Gasteiger partial charge in [0, 0.05) is 27.5 Å². The molecule has 0 saturated heterocycles. The molecule has 9 aromatic carbocycles. The average Bonchev–Trinajstić information content (AvgIpc) is 3.61. The highest BCUT2D eigenvalue weighted by molar-refractivity contribution is 6.18. The Balaban J connectivity index is 1.08. The molecule has 0 bridgehead atoms. The smallest absolute Gasteiger partial charge is 0.164 e. The molecule has 246 valence electrons. The number of aromatic nitrogens is 3. The third-order valence-electron chi connectivity index (χ3n) is 10.5. The minimum atomic E-state index is 0.603. The van der Waals surface area contributed by atoms with Crippen molar-refractivity contribution >= 4 is 65.0 Å². The Morgan fingerprint density at radius 1 is 0.302 bits per heavy atom. The number of fused-ring (bicyclic) bond motifs is 9. The largest absolute Gasteiger partial charge is 0.456 e. The summed E-state index contributed by atoms with van der Waals surface area (Å²) in [5.41, 5.74) is 6.65. The van der Waals surface area contributed by atoms with Crippen LogP contribution in [0.5, 0.6) is 0 Å². The van der Waals surface area contributed by atoms with E-state index >= 15 is 0 Å². The molecule has 0 fully saturated rings. The van der Waals surface area contributed by atoms with E-state index in [0.29, 0.717) is 17.5 Å². The lowest BCUT2D eigenvalue weighted by Gasteiger charge is -2.10. The normalized spacial score (nSPS) is 11.8. The van der Waals surface area contributed by atoms with Crippen LogP contribution in [0, 0.1) is 0 Å². The minimum absolute atomic E-state index is 0.603. The van der Waals surface area contributed by atoms with E-state index in [1.54, 1.807) is 0 Å². The van der Waals surface area contributed by atoms with E-state index in [2.05, 4.69) is 133 Å². The molecular formula is C49H29N3O. The third-order valence-corrected chi connectivity index (χ3v) is 10.5. The van der Waals surface area contributed by atoms with Crippen molar-refractivity contribution < 1.29 is 4.42 Å². The molecule has 11 rings (SSSR count). The van der Waals surface area contributed by atoms with E-state index in [-0.39, 0.29) is 0 Å². The monoisotopic (exact) mass is 675 g/mol. The molecule has 0 unspecified atom stereocenters. The Bertz CT molecular complexity index is 3240. The van der Waals surface area contributed by atoms with Gasteiger partial charge in [-0.05, 0) is 84.5 Å². The summed E-state index contributed by atoms with van der Waals surface area (Å²) in [6.45, 7) is 0. The molecule has 2 aromatic heterocycles. The molecule has 0 radical (unpaired) electrons. The van der Waals surface area contributed by atoms with E-state index in [9.17, 15) is 0 Å². The predicted octanol–water partition coefficient (Wildman–Crippen LogP) is 13.1. The summed E-state index contributed by atoms with van der Waals surface area (Å²) in [5, 5.41) is 11.9. The lowest BCUT2D eigenvalue weighted by molar-refractivity contribution is 0.669. The second-order valence-electron chi connectivity index (χ2n) is 13.6. The van der Waals surface area contributed by atoms with Crippen molar-refractivity contribution in [3.8, 4) is 45.3 Å². The van der Waals surface area contributed by atoms with E-state index in [0.717, 1.165) is 55.1 Å². The first-order valence-corrected chi connectivity index (χ1v) is 17.8. The summed E-state index contributed by atoms with van der Waals surface area (Å²) in [6, 6.07) is 61.8. The van der Waals surface area contributed by atoms with Gasteiger partial charge in [-0.25, -0.2) is 15.0 Å². The van der Waals surface area contributed by atoms with Gasteiger partial charge < -0.3 is 4.42 Å². The van der Waals surface area contributed by atoms with Gasteiger partial charge in [-0.15, -0.1) is 0 Å². The summed E-state index contributed by atoms with van der Waals surface area (Å²) in [7, 11) is 0. The molecule has 0 saturated carbocycles. The number of furan rings is 1. The SMILES string of the molecule is c1ccc(-c2nc(-c3ccc4ccccc4c3)nc(-c3cccc4oc5ccc(-c6ccc7c(ccc8c9ccccc9ccc78)c6)cc5c34)n2)cc1. The average molecular weight is 676 g/mol. The molecule has 0 atom stereocenters. The zero-order valence-corrected chi connectivity index (χ0v) is 28.5. The van der Waals surface area contributed by atoms with Crippen LogP contribution in [0.15, 0.2) is 180 Å². The maximum absolute atomic E-state index is 6.47. The minimum Gasteiger partial charge on any atom is -0.456 e. The highest BCUT2D eigenvalue weighted by Gasteiger charge is 2.19. The number of rotatable bonds is 4. The maximum atomic E-state index is 6.47. The molecule has 0 aliphatic rings. The van der Waals surface area contributed by atoms with Crippen molar-refractivity contribution in [2.75, 3.05) is 0 Å². The van der Waals surface area contributed by atoms with Crippen molar-refractivity contribution in [2.45, 2.75) is 0 Å². The van der Waals surface area contributed by atoms with Crippen LogP contribution in [0.4, 0.5) is 0 Å². The first kappa shape index (κ1) is 29.5. The Morgan fingerprint density at radius 3 is 1.77 bits per heavy atom. The molecule has 0 spiro atoms. The van der Waals surface area contributed by atoms with Gasteiger partial charge in [-0.3, -0.25) is 0 Å². The van der Waals surface area contributed by atoms with Crippen LogP contribution >= 0.6 is 0 Å². The molecule has 4 nitrogen and oxygen atoms in total. The first-order valence-electron chi connectivity index (χ1n) is 17.8. The lowest BCUT2D eigenvalue weighted by Crippen LogP contribution is -2.00. The number of nitrogens with zero attached hydrogens (tertiary/aromatic N) is 3. The Kier molecular flexibility index (Phi) is 6.52. The van der Waals surface area contributed by atoms with Crippen molar-refractivity contribution in [3.63, 3.8) is 0 Å². The summed E-state index contributed by atoms with van der Waals surface area (Å²) in [4.78, 5) is 15.2. The topological polar surface area (TPSA) is 51.8 Å². The van der Waals surface area contributed by atoms with Crippen LogP contribution < -0.4 is 0 Å². The number of benzene rings is 9. The van der Waals surface area contributed by atoms with Crippen LogP contribution in [-0.2, 0) is 0 Å². The van der Waals surface area contributed by atoms with Crippen LogP contribution in [0.2, 0.25) is 0 Å². The Hall–Kier alpha value is -7.17. The molecule has 0 aliphatic carbocycles. The highest BCUT2D eigenvalue weighted by atomic mass is 16.3. The van der Waals surface area contributed by atoms with Crippen molar-refractivity contribution in [3.05, 3.63) is 176 Å². The van der Waals surface area contributed by atoms with E-state index in [1.165, 1.54) is 37.7 Å². The fraction of sp³-hybridized carbons (Fsp3) is 0. The van der Waals surface area contributed by atoms with Gasteiger partial charge in [-0.1, -0.05) is 146 Å². The molecule has 0 aliphatic heterocycles. The molecule has 53 heavy (non-hydrogen) atoms. The van der Waals surface area contributed by atoms with Gasteiger partial charge in [-0.2, -0.15) is 0 Å². The van der Waals surface area contributed by atoms with Crippen LogP contribution in [0.1, 0.15) is 0 Å². The van der Waals surface area contributed by atoms with E-state index < -0.39 is 0 Å². The fourth-order valence-electron chi connectivity index (χ4n) is 7.87. The standard InChI is InChI=1S/C49H29N3O/c1-2-11-32(12-3-1)47-50-48(37-18-17-30-9-4-5-13-33(30)28-37)52-49(51-47)42-15-8-16-45-46(42)43-29-35(22-26-44(43)53-45)34-20-23-39-36(27-34)21-25-40-38-14-7-6-10-31(38)19-24-41(39)40/h1-29H. The molecule has 11 aromatic rings. The molecule has 2 heterocycles. The Labute approximate surface area is 304 Å². The van der Waals surface area contributed by atoms with Crippen LogP contribution in [-0.4, -0.2) is 15.0 Å². The second kappa shape index (κ2) is 11.7. The van der Waals surface area contributed by atoms with Gasteiger partial charge in [0.25, 0.3) is 0 Å². The van der Waals surface area contributed by atoms with Gasteiger partial charge in [0.15, 0.2) is 17.5 Å². The second-order valence-corrected chi connectivity index (χ2v) is 13.6. The van der Waals surface area contributed by atoms with E-state index in [1.807, 2.05) is 42.5 Å². The predicted molar refractivity (Wildman–Crippen MR) is 219 cm³/mol. The number of hydrogen-bond acceptors (Lipinski definition) is 4. The molecular weight excluding hydrogens is 647 g/mol. The third kappa shape index (κ3) is 4.88. The lowest BCUT2D eigenvalue weighted by atomic mass is 9.94. The summed E-state index contributed by atoms with van der Waals surface area (Å²) >= 11 is 0. The van der Waals surface area contributed by atoms with Crippen molar-refractivity contribution in [1.82, 2.24) is 15.0 Å². The quantitative estimate of drug-likeness (QED) is 0.174. The van der Waals surface area contributed by atoms with Gasteiger partial charge in [0.05, 0.1) is 0 Å². The summed E-state index contributed by atoms with van der Waals surface area (Å²) in [6.07, 6.45) is 0. The van der Waals surface area contributed by atoms with Crippen LogP contribution in [0.3, 0.4) is 0 Å². The summed E-state index contributed by atoms with van der Waals surface area (Å²) in [5.74, 6) is 1.86. The molecule has 4 heteroatoms.